The number of carbonyl (C=O) groups excluding carboxylic acids is 2. The molecule has 0 saturated carbocycles. The van der Waals surface area contributed by atoms with Crippen molar-refractivity contribution in [2.45, 2.75) is 26.6 Å². The number of rotatable bonds is 6. The highest BCUT2D eigenvalue weighted by Crippen LogP contribution is 2.21. The van der Waals surface area contributed by atoms with E-state index in [1.54, 1.807) is 25.1 Å². The Balaban J connectivity index is 1.67. The van der Waals surface area contributed by atoms with Gasteiger partial charge in [0.15, 0.2) is 5.69 Å². The number of H-pyrrole nitrogens is 1. The molecule has 7 heteroatoms. The Kier molecular flexibility index (Phi) is 4.99. The zero-order chi connectivity index (χ0) is 18.7. The van der Waals surface area contributed by atoms with Gasteiger partial charge in [0.05, 0.1) is 12.1 Å². The minimum Gasteiger partial charge on any atom is -0.364 e. The van der Waals surface area contributed by atoms with Gasteiger partial charge in [0.2, 0.25) is 0 Å². The average molecular weight is 352 g/mol. The van der Waals surface area contributed by atoms with Crippen LogP contribution in [-0.2, 0) is 16.1 Å². The molecule has 0 bridgehead atoms. The maximum Gasteiger partial charge on any atom is 0.269 e. The van der Waals surface area contributed by atoms with Crippen molar-refractivity contribution in [3.05, 3.63) is 59.3 Å². The highest BCUT2D eigenvalue weighted by molar-refractivity contribution is 6.05. The molecular weight excluding hydrogens is 332 g/mol. The van der Waals surface area contributed by atoms with E-state index in [1.807, 2.05) is 31.2 Å². The third kappa shape index (κ3) is 3.73. The number of fused-ring (bicyclic) bond motifs is 1. The molecule has 2 aromatic carbocycles. The zero-order valence-corrected chi connectivity index (χ0v) is 14.6. The molecule has 3 rings (SSSR count). The molecule has 4 N–H and O–H groups in total. The number of ether oxygens (including phenoxy) is 1. The van der Waals surface area contributed by atoms with E-state index < -0.39 is 12.0 Å². The molecule has 7 nitrogen and oxygen atoms in total. The van der Waals surface area contributed by atoms with E-state index >= 15 is 0 Å². The lowest BCUT2D eigenvalue weighted by atomic mass is 10.1. The van der Waals surface area contributed by atoms with E-state index in [0.29, 0.717) is 23.2 Å². The second-order valence-corrected chi connectivity index (χ2v) is 6.07. The number of carbonyl (C=O) groups is 2. The molecule has 0 aliphatic heterocycles. The zero-order valence-electron chi connectivity index (χ0n) is 14.6. The summed E-state index contributed by atoms with van der Waals surface area (Å²) in [5, 5.41) is 9.95. The molecule has 2 amide bonds. The molecule has 1 unspecified atom stereocenters. The van der Waals surface area contributed by atoms with Gasteiger partial charge in [-0.25, -0.2) is 0 Å². The summed E-state index contributed by atoms with van der Waals surface area (Å²) in [6.45, 7) is 4.05. The summed E-state index contributed by atoms with van der Waals surface area (Å²) in [6, 6.07) is 13.0. The second-order valence-electron chi connectivity index (χ2n) is 6.07. The number of nitrogens with one attached hydrogen (secondary N) is 2. The van der Waals surface area contributed by atoms with Crippen LogP contribution in [0, 0.1) is 6.92 Å². The van der Waals surface area contributed by atoms with Crippen molar-refractivity contribution in [2.24, 2.45) is 5.73 Å². The van der Waals surface area contributed by atoms with Crippen molar-refractivity contribution in [1.82, 2.24) is 10.2 Å². The van der Waals surface area contributed by atoms with Gasteiger partial charge in [-0.15, -0.1) is 0 Å². The number of nitrogens with two attached hydrogens (primary N) is 1. The number of anilines is 1. The Morgan fingerprint density at radius 1 is 1.27 bits per heavy atom. The topological polar surface area (TPSA) is 110 Å². The smallest absolute Gasteiger partial charge is 0.269 e. The number of aromatic amines is 1. The first-order chi connectivity index (χ1) is 12.5. The fourth-order valence-electron chi connectivity index (χ4n) is 2.59. The van der Waals surface area contributed by atoms with Gasteiger partial charge in [-0.3, -0.25) is 14.7 Å². The number of primary amides is 1. The number of amides is 2. The first kappa shape index (κ1) is 17.6. The Morgan fingerprint density at radius 2 is 2.04 bits per heavy atom. The van der Waals surface area contributed by atoms with Gasteiger partial charge in [0.1, 0.15) is 6.10 Å². The standard InChI is InChI=1S/C19H20N4O3/c1-11-5-3-4-6-13(11)10-26-12(2)19(25)21-14-7-8-16-15(9-14)17(18(20)24)23-22-16/h3-9,12H,10H2,1-2H3,(H2,20,24)(H,21,25)(H,22,23). The normalized spacial score (nSPS) is 12.1. The Labute approximate surface area is 150 Å². The minimum atomic E-state index is -0.634. The van der Waals surface area contributed by atoms with Crippen molar-refractivity contribution < 1.29 is 14.3 Å². The summed E-state index contributed by atoms with van der Waals surface area (Å²) in [6.07, 6.45) is -0.634. The van der Waals surface area contributed by atoms with Crippen LogP contribution in [0.4, 0.5) is 5.69 Å². The molecule has 0 aliphatic rings. The summed E-state index contributed by atoms with van der Waals surface area (Å²) >= 11 is 0. The van der Waals surface area contributed by atoms with E-state index in [4.69, 9.17) is 10.5 Å². The third-order valence-electron chi connectivity index (χ3n) is 4.18. The van der Waals surface area contributed by atoms with Crippen molar-refractivity contribution in [3.8, 4) is 0 Å². The number of nitrogens with zero attached hydrogens (tertiary/aromatic N) is 1. The van der Waals surface area contributed by atoms with E-state index in [9.17, 15) is 9.59 Å². The second kappa shape index (κ2) is 7.37. The van der Waals surface area contributed by atoms with Crippen LogP contribution in [-0.4, -0.2) is 28.1 Å². The fourth-order valence-corrected chi connectivity index (χ4v) is 2.59. The molecule has 1 heterocycles. The van der Waals surface area contributed by atoms with Crippen molar-refractivity contribution >= 4 is 28.4 Å². The van der Waals surface area contributed by atoms with Crippen LogP contribution in [0.2, 0.25) is 0 Å². The monoisotopic (exact) mass is 352 g/mol. The Morgan fingerprint density at radius 3 is 2.77 bits per heavy atom. The maximum absolute atomic E-state index is 12.4. The molecule has 0 spiro atoms. The van der Waals surface area contributed by atoms with Crippen LogP contribution in [0.5, 0.6) is 0 Å². The van der Waals surface area contributed by atoms with Crippen molar-refractivity contribution in [2.75, 3.05) is 5.32 Å². The quantitative estimate of drug-likeness (QED) is 0.633. The first-order valence-electron chi connectivity index (χ1n) is 8.20. The van der Waals surface area contributed by atoms with Crippen molar-refractivity contribution in [3.63, 3.8) is 0 Å². The van der Waals surface area contributed by atoms with Crippen LogP contribution in [0.1, 0.15) is 28.5 Å². The molecular formula is C19H20N4O3. The van der Waals surface area contributed by atoms with E-state index in [-0.39, 0.29) is 11.6 Å². The number of aromatic nitrogens is 2. The molecule has 0 fully saturated rings. The van der Waals surface area contributed by atoms with Gasteiger partial charge >= 0.3 is 0 Å². The molecule has 134 valence electrons. The lowest BCUT2D eigenvalue weighted by Crippen LogP contribution is -2.27. The van der Waals surface area contributed by atoms with Gasteiger partial charge in [-0.05, 0) is 43.2 Å². The van der Waals surface area contributed by atoms with Crippen LogP contribution < -0.4 is 11.1 Å². The van der Waals surface area contributed by atoms with E-state index in [2.05, 4.69) is 15.5 Å². The molecule has 26 heavy (non-hydrogen) atoms. The van der Waals surface area contributed by atoms with Crippen LogP contribution in [0.3, 0.4) is 0 Å². The van der Waals surface area contributed by atoms with E-state index in [1.165, 1.54) is 0 Å². The van der Waals surface area contributed by atoms with Gasteiger partial charge in [-0.2, -0.15) is 5.10 Å². The van der Waals surface area contributed by atoms with Crippen LogP contribution >= 0.6 is 0 Å². The molecule has 1 atom stereocenters. The molecule has 1 aromatic heterocycles. The molecule has 3 aromatic rings. The number of aryl methyl sites for hydroxylation is 1. The minimum absolute atomic E-state index is 0.139. The summed E-state index contributed by atoms with van der Waals surface area (Å²) in [4.78, 5) is 23.8. The SMILES string of the molecule is Cc1ccccc1COC(C)C(=O)Nc1ccc2[nH]nc(C(N)=O)c2c1. The highest BCUT2D eigenvalue weighted by Gasteiger charge is 2.16. The molecule has 0 saturated heterocycles. The first-order valence-corrected chi connectivity index (χ1v) is 8.20. The lowest BCUT2D eigenvalue weighted by molar-refractivity contribution is -0.127. The average Bonchev–Trinajstić information content (AvgIpc) is 3.04. The number of hydrogen-bond donors (Lipinski definition) is 3. The molecule has 0 aliphatic carbocycles. The summed E-state index contributed by atoms with van der Waals surface area (Å²) in [7, 11) is 0. The number of benzene rings is 2. The van der Waals surface area contributed by atoms with Crippen LogP contribution in [0.15, 0.2) is 42.5 Å². The molecule has 0 radical (unpaired) electrons. The van der Waals surface area contributed by atoms with E-state index in [0.717, 1.165) is 11.1 Å². The maximum atomic E-state index is 12.4. The number of hydrogen-bond acceptors (Lipinski definition) is 4. The van der Waals surface area contributed by atoms with Gasteiger partial charge in [0, 0.05) is 11.1 Å². The van der Waals surface area contributed by atoms with Crippen LogP contribution in [0.25, 0.3) is 10.9 Å². The predicted octanol–water partition coefficient (Wildman–Crippen LogP) is 2.51. The summed E-state index contributed by atoms with van der Waals surface area (Å²) in [5.74, 6) is -0.906. The largest absolute Gasteiger partial charge is 0.364 e. The highest BCUT2D eigenvalue weighted by atomic mass is 16.5. The Hall–Kier alpha value is -3.19. The summed E-state index contributed by atoms with van der Waals surface area (Å²) < 4.78 is 5.67. The predicted molar refractivity (Wildman–Crippen MR) is 98.7 cm³/mol. The lowest BCUT2D eigenvalue weighted by Gasteiger charge is -2.14. The van der Waals surface area contributed by atoms with Crippen molar-refractivity contribution in [1.29, 1.82) is 0 Å². The Bertz CT molecular complexity index is 964. The summed E-state index contributed by atoms with van der Waals surface area (Å²) in [5.41, 5.74) is 8.80. The fraction of sp³-hybridized carbons (Fsp3) is 0.211. The van der Waals surface area contributed by atoms with Gasteiger partial charge < -0.3 is 15.8 Å². The van der Waals surface area contributed by atoms with Gasteiger partial charge in [0.25, 0.3) is 11.8 Å². The van der Waals surface area contributed by atoms with Gasteiger partial charge in [-0.1, -0.05) is 24.3 Å². The third-order valence-corrected chi connectivity index (χ3v) is 4.18.